The highest BCUT2D eigenvalue weighted by molar-refractivity contribution is 5.75. The molecule has 42 heavy (non-hydrogen) atoms. The summed E-state index contributed by atoms with van der Waals surface area (Å²) in [5.41, 5.74) is 18.6. The summed E-state index contributed by atoms with van der Waals surface area (Å²) in [5, 5.41) is 9.89. The third-order valence-corrected chi connectivity index (χ3v) is 8.65. The lowest BCUT2D eigenvalue weighted by Gasteiger charge is -2.37. The van der Waals surface area contributed by atoms with E-state index < -0.39 is 0 Å². The van der Waals surface area contributed by atoms with Crippen molar-refractivity contribution in [2.45, 2.75) is 69.4 Å². The minimum atomic E-state index is -0.242. The molecule has 1 aliphatic carbocycles. The number of ether oxygens (including phenoxy) is 1. The van der Waals surface area contributed by atoms with Crippen molar-refractivity contribution in [1.29, 1.82) is 0 Å². The average molecular weight is 579 g/mol. The van der Waals surface area contributed by atoms with Crippen molar-refractivity contribution in [2.75, 3.05) is 44.6 Å². The number of hydrogen-bond donors (Lipinski definition) is 6. The first-order chi connectivity index (χ1) is 20.4. The molecule has 9 N–H and O–H groups in total. The summed E-state index contributed by atoms with van der Waals surface area (Å²) < 4.78 is 8.02. The molecule has 0 spiro atoms. The second kappa shape index (κ2) is 13.9. The molecule has 3 heterocycles. The van der Waals surface area contributed by atoms with E-state index in [1.165, 1.54) is 5.56 Å². The van der Waals surface area contributed by atoms with Gasteiger partial charge in [0.05, 0.1) is 17.7 Å². The van der Waals surface area contributed by atoms with Crippen LogP contribution in [0.4, 0.5) is 11.5 Å². The first-order valence-corrected chi connectivity index (χ1v) is 15.3. The lowest BCUT2D eigenvalue weighted by atomic mass is 9.89. The zero-order valence-corrected chi connectivity index (χ0v) is 24.5. The van der Waals surface area contributed by atoms with Crippen LogP contribution in [0.15, 0.2) is 46.6 Å². The molecule has 12 nitrogen and oxygen atoms in total. The van der Waals surface area contributed by atoms with Crippen molar-refractivity contribution < 1.29 is 4.74 Å². The zero-order valence-electron chi connectivity index (χ0n) is 24.5. The maximum Gasteiger partial charge on any atom is 0.350 e. The van der Waals surface area contributed by atoms with Gasteiger partial charge in [-0.25, -0.2) is 4.79 Å². The largest absolute Gasteiger partial charge is 0.450 e. The van der Waals surface area contributed by atoms with Crippen molar-refractivity contribution >= 4 is 17.5 Å². The molecule has 5 rings (SSSR count). The fourth-order valence-corrected chi connectivity index (χ4v) is 6.46. The van der Waals surface area contributed by atoms with Crippen LogP contribution >= 0.6 is 0 Å². The van der Waals surface area contributed by atoms with Crippen LogP contribution in [0.5, 0.6) is 11.5 Å². The van der Waals surface area contributed by atoms with Gasteiger partial charge in [-0.05, 0) is 88.1 Å². The molecule has 0 bridgehead atoms. The van der Waals surface area contributed by atoms with Crippen LogP contribution in [0.3, 0.4) is 0 Å². The average Bonchev–Trinajstić information content (AvgIpc) is 2.99. The third kappa shape index (κ3) is 7.54. The number of nitrogens with zero attached hydrogens (tertiary/aromatic N) is 4. The molecule has 12 heteroatoms. The van der Waals surface area contributed by atoms with E-state index in [0.29, 0.717) is 35.9 Å². The maximum atomic E-state index is 13.2. The van der Waals surface area contributed by atoms with Crippen molar-refractivity contribution in [3.63, 3.8) is 0 Å². The fraction of sp³-hybridized carbons (Fsp3) is 0.567. The lowest BCUT2D eigenvalue weighted by molar-refractivity contribution is 0.134. The first kappa shape index (κ1) is 29.7. The van der Waals surface area contributed by atoms with Crippen LogP contribution in [-0.4, -0.2) is 65.7 Å². The normalized spacial score (nSPS) is 20.1. The summed E-state index contributed by atoms with van der Waals surface area (Å²) in [7, 11) is 0. The second-order valence-corrected chi connectivity index (χ2v) is 11.6. The maximum absolute atomic E-state index is 13.2. The Morgan fingerprint density at radius 1 is 1.10 bits per heavy atom. The summed E-state index contributed by atoms with van der Waals surface area (Å²) in [4.78, 5) is 24.2. The van der Waals surface area contributed by atoms with Crippen LogP contribution in [-0.2, 0) is 0 Å². The van der Waals surface area contributed by atoms with Crippen LogP contribution in [0.25, 0.3) is 0 Å². The van der Waals surface area contributed by atoms with Gasteiger partial charge >= 0.3 is 5.69 Å². The molecule has 0 unspecified atom stereocenters. The molecule has 2 aliphatic heterocycles. The Bertz CT molecular complexity index is 1310. The van der Waals surface area contributed by atoms with Crippen LogP contribution in [0.2, 0.25) is 0 Å². The Morgan fingerprint density at radius 3 is 2.60 bits per heavy atom. The van der Waals surface area contributed by atoms with E-state index in [1.807, 2.05) is 12.3 Å². The van der Waals surface area contributed by atoms with Gasteiger partial charge < -0.3 is 42.8 Å². The molecule has 2 aromatic rings. The number of anilines is 2. The molecule has 1 saturated carbocycles. The highest BCUT2D eigenvalue weighted by Gasteiger charge is 2.29. The number of aromatic nitrogens is 2. The summed E-state index contributed by atoms with van der Waals surface area (Å²) >= 11 is 0. The van der Waals surface area contributed by atoms with Crippen molar-refractivity contribution in [1.82, 2.24) is 25.1 Å². The van der Waals surface area contributed by atoms with Gasteiger partial charge in [0.1, 0.15) is 0 Å². The number of rotatable bonds is 12. The van der Waals surface area contributed by atoms with Gasteiger partial charge in [-0.1, -0.05) is 12.6 Å². The summed E-state index contributed by atoms with van der Waals surface area (Å²) in [6.07, 6.45) is 9.71. The Labute approximate surface area is 247 Å². The number of benzene rings is 1. The predicted octanol–water partition coefficient (Wildman–Crippen LogP) is 2.42. The minimum Gasteiger partial charge on any atom is -0.450 e. The van der Waals surface area contributed by atoms with Gasteiger partial charge in [0.25, 0.3) is 0 Å². The number of guanidine groups is 1. The molecule has 1 saturated heterocycles. The van der Waals surface area contributed by atoms with E-state index in [9.17, 15) is 4.79 Å². The lowest BCUT2D eigenvalue weighted by Crippen LogP contribution is -2.41. The van der Waals surface area contributed by atoms with Gasteiger partial charge in [0, 0.05) is 38.3 Å². The van der Waals surface area contributed by atoms with E-state index in [1.54, 1.807) is 4.57 Å². The molecule has 0 amide bonds. The van der Waals surface area contributed by atoms with Gasteiger partial charge in [0.2, 0.25) is 0 Å². The number of piperidine rings is 1. The Hall–Kier alpha value is -3.77. The highest BCUT2D eigenvalue weighted by atomic mass is 16.5. The molecule has 1 aromatic carbocycles. The molecular weight excluding hydrogens is 532 g/mol. The van der Waals surface area contributed by atoms with Crippen LogP contribution in [0.1, 0.15) is 68.9 Å². The Kier molecular flexibility index (Phi) is 9.85. The molecule has 0 atom stereocenters. The SMILES string of the molecule is C=C(N)NCCCN(CCCN=C(N)N)C1CCC(n2cc3c(nc2=O)Nc2cc(C4CCNCC4)ccc2O3)CC1. The van der Waals surface area contributed by atoms with Crippen molar-refractivity contribution in [3.05, 3.63) is 52.8 Å². The van der Waals surface area contributed by atoms with Gasteiger partial charge in [-0.3, -0.25) is 9.56 Å². The number of nitrogens with one attached hydrogen (secondary N) is 3. The van der Waals surface area contributed by atoms with E-state index in [0.717, 1.165) is 95.5 Å². The van der Waals surface area contributed by atoms with Gasteiger partial charge in [-0.15, -0.1) is 0 Å². The van der Waals surface area contributed by atoms with Crippen LogP contribution in [0, 0.1) is 0 Å². The highest BCUT2D eigenvalue weighted by Crippen LogP contribution is 2.43. The van der Waals surface area contributed by atoms with Crippen molar-refractivity contribution in [2.24, 2.45) is 22.2 Å². The quantitative estimate of drug-likeness (QED) is 0.106. The Balaban J connectivity index is 1.21. The standard InChI is InChI=1S/C30H46N10O2/c1-20(31)35-12-2-16-39(17-3-13-36-29(32)33)23-5-7-24(8-6-23)40-19-27-28(38-30(40)41)37-25-18-22(4-9-26(25)42-27)21-10-14-34-15-11-21/h4,9,18-19,21,23-24,34-35H,1-3,5-8,10-17,31H2,(H4,32,33,36)(H,37,38,41). The molecule has 1 aromatic heterocycles. The van der Waals surface area contributed by atoms with Gasteiger partial charge in [-0.2, -0.15) is 4.98 Å². The predicted molar refractivity (Wildman–Crippen MR) is 167 cm³/mol. The summed E-state index contributed by atoms with van der Waals surface area (Å²) in [6.45, 7) is 9.03. The number of fused-ring (bicyclic) bond motifs is 2. The summed E-state index contributed by atoms with van der Waals surface area (Å²) in [6, 6.07) is 6.86. The van der Waals surface area contributed by atoms with Crippen LogP contribution < -0.4 is 43.6 Å². The Morgan fingerprint density at radius 2 is 1.86 bits per heavy atom. The number of hydrogen-bond acceptors (Lipinski definition) is 9. The molecule has 3 aliphatic rings. The molecule has 2 fully saturated rings. The van der Waals surface area contributed by atoms with E-state index in [2.05, 4.69) is 49.5 Å². The van der Waals surface area contributed by atoms with Crippen molar-refractivity contribution in [3.8, 4) is 11.5 Å². The zero-order chi connectivity index (χ0) is 29.5. The first-order valence-electron chi connectivity index (χ1n) is 15.3. The molecule has 228 valence electrons. The molecule has 0 radical (unpaired) electrons. The third-order valence-electron chi connectivity index (χ3n) is 8.65. The minimum absolute atomic E-state index is 0.0875. The van der Waals surface area contributed by atoms with E-state index >= 15 is 0 Å². The number of aliphatic imine (C=N–C) groups is 1. The summed E-state index contributed by atoms with van der Waals surface area (Å²) in [5.74, 6) is 2.99. The topological polar surface area (TPSA) is 174 Å². The molecular formula is C30H46N10O2. The second-order valence-electron chi connectivity index (χ2n) is 11.6. The fourth-order valence-electron chi connectivity index (χ4n) is 6.46. The number of nitrogens with two attached hydrogens (primary N) is 3. The van der Waals surface area contributed by atoms with E-state index in [4.69, 9.17) is 21.9 Å². The van der Waals surface area contributed by atoms with E-state index in [-0.39, 0.29) is 17.7 Å². The smallest absolute Gasteiger partial charge is 0.350 e. The van der Waals surface area contributed by atoms with Gasteiger partial charge in [0.15, 0.2) is 23.3 Å². The monoisotopic (exact) mass is 578 g/mol.